The number of carbonyl (C=O) groups is 2. The van der Waals surface area contributed by atoms with Gasteiger partial charge in [-0.25, -0.2) is 0 Å². The molecule has 1 fully saturated rings. The van der Waals surface area contributed by atoms with Crippen molar-refractivity contribution in [2.45, 2.75) is 76.9 Å². The van der Waals surface area contributed by atoms with Gasteiger partial charge in [0, 0.05) is 12.0 Å². The Morgan fingerprint density at radius 2 is 1.50 bits per heavy atom. The number of carbonyl (C=O) groups excluding carboxylic acids is 2. The molecule has 0 aromatic heterocycles. The third-order valence-electron chi connectivity index (χ3n) is 7.08. The molecular formula is C32H39NO5. The highest BCUT2D eigenvalue weighted by Crippen LogP contribution is 2.33. The van der Waals surface area contributed by atoms with Crippen LogP contribution in [0.3, 0.4) is 0 Å². The molecule has 0 radical (unpaired) electrons. The zero-order chi connectivity index (χ0) is 26.9. The third kappa shape index (κ3) is 7.73. The molecule has 0 spiro atoms. The summed E-state index contributed by atoms with van der Waals surface area (Å²) in [5.41, 5.74) is 2.01. The molecule has 1 amide bonds. The Hall–Kier alpha value is -3.54. The molecule has 202 valence electrons. The van der Waals surface area contributed by atoms with Crippen molar-refractivity contribution in [1.82, 2.24) is 5.32 Å². The molecule has 6 heteroatoms. The molecule has 3 aromatic carbocycles. The average molecular weight is 518 g/mol. The van der Waals surface area contributed by atoms with Gasteiger partial charge >= 0.3 is 5.97 Å². The van der Waals surface area contributed by atoms with E-state index in [0.29, 0.717) is 5.75 Å². The minimum atomic E-state index is -0.269. The quantitative estimate of drug-likeness (QED) is 0.244. The number of nitrogens with one attached hydrogen (secondary N) is 1. The second-order valence-electron chi connectivity index (χ2n) is 10.4. The number of amides is 1. The van der Waals surface area contributed by atoms with E-state index < -0.39 is 0 Å². The smallest absolute Gasteiger partial charge is 0.306 e. The molecular weight excluding hydrogens is 478 g/mol. The summed E-state index contributed by atoms with van der Waals surface area (Å²) in [5.74, 6) is 0.923. The number of rotatable bonds is 10. The van der Waals surface area contributed by atoms with Gasteiger partial charge in [0.15, 0.2) is 6.61 Å². The van der Waals surface area contributed by atoms with Gasteiger partial charge < -0.3 is 19.5 Å². The Morgan fingerprint density at radius 3 is 2.18 bits per heavy atom. The summed E-state index contributed by atoms with van der Waals surface area (Å²) in [7, 11) is 1.41. The molecule has 1 aliphatic carbocycles. The Morgan fingerprint density at radius 1 is 0.842 bits per heavy atom. The largest absolute Gasteiger partial charge is 0.491 e. The van der Waals surface area contributed by atoms with Crippen molar-refractivity contribution in [2.75, 3.05) is 13.7 Å². The van der Waals surface area contributed by atoms with Crippen LogP contribution in [0.4, 0.5) is 0 Å². The number of hydrogen-bond acceptors (Lipinski definition) is 5. The summed E-state index contributed by atoms with van der Waals surface area (Å²) in [6.07, 6.45) is 7.25. The van der Waals surface area contributed by atoms with Crippen molar-refractivity contribution in [3.8, 4) is 11.5 Å². The van der Waals surface area contributed by atoms with Crippen molar-refractivity contribution in [3.63, 3.8) is 0 Å². The van der Waals surface area contributed by atoms with Crippen LogP contribution in [0.25, 0.3) is 10.8 Å². The molecule has 1 unspecified atom stereocenters. The number of benzene rings is 3. The Bertz CT molecular complexity index is 1210. The molecule has 6 nitrogen and oxygen atoms in total. The van der Waals surface area contributed by atoms with E-state index in [2.05, 4.69) is 17.4 Å². The van der Waals surface area contributed by atoms with Gasteiger partial charge in [-0.05, 0) is 72.9 Å². The van der Waals surface area contributed by atoms with Gasteiger partial charge in [0.05, 0.1) is 19.6 Å². The normalized spacial score (nSPS) is 15.1. The molecule has 1 N–H and O–H groups in total. The van der Waals surface area contributed by atoms with Crippen molar-refractivity contribution < 1.29 is 23.8 Å². The zero-order valence-electron chi connectivity index (χ0n) is 22.7. The SMILES string of the molecule is COC(=O)CC(c1ccc(OC(C)C)cc1)c1ccc2ccc(OCC(=O)NC3CCCCCC3)cc2c1. The number of esters is 1. The fourth-order valence-corrected chi connectivity index (χ4v) is 5.12. The number of hydrogen-bond donors (Lipinski definition) is 1. The number of ether oxygens (including phenoxy) is 3. The maximum Gasteiger partial charge on any atom is 0.306 e. The second-order valence-corrected chi connectivity index (χ2v) is 10.4. The van der Waals surface area contributed by atoms with Crippen molar-refractivity contribution in [3.05, 3.63) is 71.8 Å². The predicted octanol–water partition coefficient (Wildman–Crippen LogP) is 6.54. The van der Waals surface area contributed by atoms with Crippen molar-refractivity contribution >= 4 is 22.6 Å². The van der Waals surface area contributed by atoms with Gasteiger partial charge in [-0.2, -0.15) is 0 Å². The molecule has 0 saturated heterocycles. The predicted molar refractivity (Wildman–Crippen MR) is 150 cm³/mol. The second kappa shape index (κ2) is 13.3. The number of fused-ring (bicyclic) bond motifs is 1. The van der Waals surface area contributed by atoms with Crippen LogP contribution >= 0.6 is 0 Å². The molecule has 1 atom stereocenters. The Balaban J connectivity index is 1.50. The highest BCUT2D eigenvalue weighted by Gasteiger charge is 2.20. The first-order valence-corrected chi connectivity index (χ1v) is 13.7. The van der Waals surface area contributed by atoms with E-state index >= 15 is 0 Å². The van der Waals surface area contributed by atoms with Gasteiger partial charge in [-0.3, -0.25) is 9.59 Å². The van der Waals surface area contributed by atoms with Crippen LogP contribution in [-0.2, 0) is 14.3 Å². The first-order chi connectivity index (χ1) is 18.4. The molecule has 0 aliphatic heterocycles. The van der Waals surface area contributed by atoms with Crippen molar-refractivity contribution in [2.24, 2.45) is 0 Å². The van der Waals surface area contributed by atoms with Crippen LogP contribution in [0.1, 0.15) is 75.8 Å². The lowest BCUT2D eigenvalue weighted by atomic mass is 9.87. The monoisotopic (exact) mass is 517 g/mol. The fraction of sp³-hybridized carbons (Fsp3) is 0.438. The van der Waals surface area contributed by atoms with Crippen LogP contribution in [0.5, 0.6) is 11.5 Å². The zero-order valence-corrected chi connectivity index (χ0v) is 22.7. The summed E-state index contributed by atoms with van der Waals surface area (Å²) in [6.45, 7) is 3.98. The van der Waals surface area contributed by atoms with E-state index in [1.165, 1.54) is 32.8 Å². The highest BCUT2D eigenvalue weighted by atomic mass is 16.5. The molecule has 4 rings (SSSR count). The van der Waals surface area contributed by atoms with Crippen LogP contribution < -0.4 is 14.8 Å². The standard InChI is InChI=1S/C32H39NO5/c1-22(2)38-28-15-13-24(14-16-28)30(20-32(35)36-3)25-11-10-23-12-17-29(19-26(23)18-25)37-21-31(34)33-27-8-6-4-5-7-9-27/h10-19,22,27,30H,4-9,20-21H2,1-3H3,(H,33,34). The maximum absolute atomic E-state index is 12.5. The summed E-state index contributed by atoms with van der Waals surface area (Å²) < 4.78 is 16.6. The van der Waals surface area contributed by atoms with Crippen LogP contribution in [0.15, 0.2) is 60.7 Å². The lowest BCUT2D eigenvalue weighted by molar-refractivity contribution is -0.140. The van der Waals surface area contributed by atoms with Gasteiger partial charge in [-0.1, -0.05) is 62.1 Å². The molecule has 38 heavy (non-hydrogen) atoms. The van der Waals surface area contributed by atoms with Gasteiger partial charge in [0.25, 0.3) is 5.91 Å². The summed E-state index contributed by atoms with van der Waals surface area (Å²) in [6, 6.07) is 20.1. The number of methoxy groups -OCH3 is 1. The molecule has 0 bridgehead atoms. The van der Waals surface area contributed by atoms with E-state index in [-0.39, 0.29) is 43.0 Å². The maximum atomic E-state index is 12.5. The first-order valence-electron chi connectivity index (χ1n) is 13.7. The van der Waals surface area contributed by atoms with Crippen molar-refractivity contribution in [1.29, 1.82) is 0 Å². The average Bonchev–Trinajstić information content (AvgIpc) is 3.19. The minimum absolute atomic E-state index is 0.00252. The van der Waals surface area contributed by atoms with E-state index in [9.17, 15) is 9.59 Å². The van der Waals surface area contributed by atoms with Gasteiger partial charge in [0.1, 0.15) is 11.5 Å². The first kappa shape index (κ1) is 27.5. The topological polar surface area (TPSA) is 73.9 Å². The Kier molecular flexibility index (Phi) is 9.63. The molecule has 0 heterocycles. The van der Waals surface area contributed by atoms with Crippen LogP contribution in [0.2, 0.25) is 0 Å². The van der Waals surface area contributed by atoms with E-state index in [0.717, 1.165) is 40.5 Å². The van der Waals surface area contributed by atoms with Crippen LogP contribution in [0, 0.1) is 0 Å². The van der Waals surface area contributed by atoms with E-state index in [1.807, 2.05) is 62.4 Å². The van der Waals surface area contributed by atoms with E-state index in [4.69, 9.17) is 14.2 Å². The summed E-state index contributed by atoms with van der Waals surface area (Å²) in [5, 5.41) is 5.17. The molecule has 3 aromatic rings. The summed E-state index contributed by atoms with van der Waals surface area (Å²) >= 11 is 0. The fourth-order valence-electron chi connectivity index (χ4n) is 5.12. The lowest BCUT2D eigenvalue weighted by Gasteiger charge is -2.19. The lowest BCUT2D eigenvalue weighted by Crippen LogP contribution is -2.37. The highest BCUT2D eigenvalue weighted by molar-refractivity contribution is 5.85. The van der Waals surface area contributed by atoms with Gasteiger partial charge in [-0.15, -0.1) is 0 Å². The summed E-state index contributed by atoms with van der Waals surface area (Å²) in [4.78, 5) is 24.8. The van der Waals surface area contributed by atoms with E-state index in [1.54, 1.807) is 0 Å². The minimum Gasteiger partial charge on any atom is -0.491 e. The van der Waals surface area contributed by atoms with Gasteiger partial charge in [0.2, 0.25) is 0 Å². The third-order valence-corrected chi connectivity index (χ3v) is 7.08. The van der Waals surface area contributed by atoms with Crippen LogP contribution in [-0.4, -0.2) is 37.7 Å². The molecule has 1 saturated carbocycles. The Labute approximate surface area is 225 Å². The molecule has 1 aliphatic rings.